The molecule has 2 saturated carbocycles. The van der Waals surface area contributed by atoms with Gasteiger partial charge in [-0.15, -0.1) is 0 Å². The van der Waals surface area contributed by atoms with Crippen molar-refractivity contribution < 1.29 is 64.7 Å². The SMILES string of the molecule is CC1(C)C(=O)C(O[C@@H]2O[C@H](CO)[C@@H](O)[C@@H](O)[C@H]2O)=C[C@@H]2C1=CC[C@@H]1[C@@]2(C)C(=O)C[C@]2(C)[C@@H]([C@@](C)(O)C(=O)C[C@H](O)C(C)(C)O)[C@H](O)C[C@@]12C. The zero-order chi connectivity index (χ0) is 37.0. The maximum Gasteiger partial charge on any atom is 0.229 e. The number of ketones is 3. The van der Waals surface area contributed by atoms with E-state index in [0.29, 0.717) is 12.0 Å². The molecule has 49 heavy (non-hydrogen) atoms. The lowest BCUT2D eigenvalue weighted by Gasteiger charge is -2.63. The van der Waals surface area contributed by atoms with E-state index in [-0.39, 0.29) is 24.4 Å². The summed E-state index contributed by atoms with van der Waals surface area (Å²) in [5.74, 6) is -3.78. The molecule has 8 N–H and O–H groups in total. The first kappa shape index (κ1) is 38.2. The van der Waals surface area contributed by atoms with Crippen molar-refractivity contribution in [1.29, 1.82) is 0 Å². The molecule has 3 fully saturated rings. The summed E-state index contributed by atoms with van der Waals surface area (Å²) in [4.78, 5) is 42.1. The lowest BCUT2D eigenvalue weighted by molar-refractivity contribution is -0.291. The average Bonchev–Trinajstić information content (AvgIpc) is 3.20. The molecule has 13 heteroatoms. The molecular weight excluding hydrogens is 640 g/mol. The van der Waals surface area contributed by atoms with Crippen molar-refractivity contribution in [2.75, 3.05) is 6.61 Å². The summed E-state index contributed by atoms with van der Waals surface area (Å²) in [6, 6.07) is 0. The maximum atomic E-state index is 14.7. The zero-order valence-electron chi connectivity index (χ0n) is 29.6. The van der Waals surface area contributed by atoms with E-state index in [2.05, 4.69) is 0 Å². The molecule has 0 amide bonds. The Balaban J connectivity index is 1.53. The van der Waals surface area contributed by atoms with Crippen LogP contribution in [0.2, 0.25) is 0 Å². The Morgan fingerprint density at radius 2 is 1.61 bits per heavy atom. The number of hydrogen-bond donors (Lipinski definition) is 8. The average molecular weight is 695 g/mol. The number of Topliss-reactive ketones (excluding diaryl/α,β-unsaturated/α-hetero) is 3. The van der Waals surface area contributed by atoms with Gasteiger partial charge in [-0.25, -0.2) is 0 Å². The standard InChI is InChI=1S/C36H54O13/c1-31(2)16-9-10-21-33(5)13-18(38)28(36(8,47)23(40)12-22(39)32(3,4)46)34(33,6)14-24(41)35(21,7)17(16)11-19(29(31)45)48-30-27(44)26(43)25(42)20(15-37)49-30/h9,11,17-18,20-22,25-28,30,37-39,42-44,46-47H,10,12-15H2,1-8H3/t17-,18-,20-,21+,22+,25-,26-,27-,28+,30-,33+,34-,35+,36+/m1/s1. The number of hydrogen-bond acceptors (Lipinski definition) is 13. The van der Waals surface area contributed by atoms with Gasteiger partial charge in [0.25, 0.3) is 0 Å². The molecule has 0 aromatic carbocycles. The molecule has 14 atom stereocenters. The van der Waals surface area contributed by atoms with Gasteiger partial charge in [-0.1, -0.05) is 32.4 Å². The molecule has 5 aliphatic rings. The molecule has 13 nitrogen and oxygen atoms in total. The van der Waals surface area contributed by atoms with Gasteiger partial charge in [0.2, 0.25) is 12.1 Å². The first-order valence-corrected chi connectivity index (χ1v) is 17.1. The number of aliphatic hydroxyl groups is 8. The van der Waals surface area contributed by atoms with Crippen molar-refractivity contribution in [2.45, 2.75) is 135 Å². The number of aliphatic hydroxyl groups excluding tert-OH is 6. The van der Waals surface area contributed by atoms with Crippen molar-refractivity contribution in [2.24, 2.45) is 39.4 Å². The Kier molecular flexibility index (Phi) is 9.34. The fraction of sp³-hybridized carbons (Fsp3) is 0.806. The van der Waals surface area contributed by atoms with Crippen LogP contribution in [0.3, 0.4) is 0 Å². The van der Waals surface area contributed by atoms with Crippen LogP contribution in [-0.4, -0.2) is 119 Å². The highest BCUT2D eigenvalue weighted by atomic mass is 16.7. The van der Waals surface area contributed by atoms with E-state index < -0.39 is 118 Å². The predicted molar refractivity (Wildman–Crippen MR) is 172 cm³/mol. The van der Waals surface area contributed by atoms with Crippen LogP contribution in [0, 0.1) is 39.4 Å². The van der Waals surface area contributed by atoms with Crippen LogP contribution >= 0.6 is 0 Å². The van der Waals surface area contributed by atoms with Crippen LogP contribution in [0.25, 0.3) is 0 Å². The molecule has 1 aliphatic heterocycles. The van der Waals surface area contributed by atoms with Crippen LogP contribution in [0.15, 0.2) is 23.5 Å². The van der Waals surface area contributed by atoms with E-state index >= 15 is 0 Å². The second-order valence-electron chi connectivity index (χ2n) is 17.1. The summed E-state index contributed by atoms with van der Waals surface area (Å²) in [5.41, 5.74) is -7.23. The molecule has 1 saturated heterocycles. The normalized spacial score (nSPS) is 45.3. The first-order chi connectivity index (χ1) is 22.3. The topological polar surface area (TPSA) is 232 Å². The fourth-order valence-electron chi connectivity index (χ4n) is 10.1. The minimum absolute atomic E-state index is 0.107. The van der Waals surface area contributed by atoms with Gasteiger partial charge in [-0.05, 0) is 70.3 Å². The Morgan fingerprint density at radius 1 is 1.00 bits per heavy atom. The summed E-state index contributed by atoms with van der Waals surface area (Å²) in [6.45, 7) is 12.3. The molecule has 0 unspecified atom stereocenters. The lowest BCUT2D eigenvalue weighted by Crippen LogP contribution is -2.64. The fourth-order valence-corrected chi connectivity index (χ4v) is 10.1. The molecule has 1 heterocycles. The van der Waals surface area contributed by atoms with Gasteiger partial charge < -0.3 is 50.3 Å². The van der Waals surface area contributed by atoms with Crippen LogP contribution < -0.4 is 0 Å². The van der Waals surface area contributed by atoms with Crippen LogP contribution in [0.5, 0.6) is 0 Å². The number of carbonyl (C=O) groups is 3. The summed E-state index contributed by atoms with van der Waals surface area (Å²) in [5, 5.41) is 85.0. The van der Waals surface area contributed by atoms with Gasteiger partial charge in [0.1, 0.15) is 35.8 Å². The summed E-state index contributed by atoms with van der Waals surface area (Å²) in [7, 11) is 0. The van der Waals surface area contributed by atoms with Crippen LogP contribution in [0.4, 0.5) is 0 Å². The minimum atomic E-state index is -2.15. The number of rotatable bonds is 8. The minimum Gasteiger partial charge on any atom is -0.459 e. The van der Waals surface area contributed by atoms with Gasteiger partial charge in [-0.2, -0.15) is 0 Å². The predicted octanol–water partition coefficient (Wildman–Crippen LogP) is 0.0727. The van der Waals surface area contributed by atoms with E-state index in [9.17, 15) is 55.2 Å². The number of ether oxygens (including phenoxy) is 2. The summed E-state index contributed by atoms with van der Waals surface area (Å²) < 4.78 is 11.4. The third-order valence-electron chi connectivity index (χ3n) is 13.5. The molecule has 0 radical (unpaired) electrons. The molecule has 0 aromatic heterocycles. The van der Waals surface area contributed by atoms with Crippen molar-refractivity contribution in [3.8, 4) is 0 Å². The van der Waals surface area contributed by atoms with E-state index in [1.807, 2.05) is 26.8 Å². The lowest BCUT2D eigenvalue weighted by atomic mass is 9.39. The van der Waals surface area contributed by atoms with Crippen molar-refractivity contribution in [1.82, 2.24) is 0 Å². The highest BCUT2D eigenvalue weighted by molar-refractivity contribution is 6.02. The molecule has 0 bridgehead atoms. The number of carbonyl (C=O) groups excluding carboxylic acids is 3. The van der Waals surface area contributed by atoms with Gasteiger partial charge in [0.05, 0.1) is 29.8 Å². The largest absolute Gasteiger partial charge is 0.459 e. The number of fused-ring (bicyclic) bond motifs is 5. The molecule has 5 rings (SSSR count). The Labute approximate surface area is 286 Å². The quantitative estimate of drug-likeness (QED) is 0.158. The second-order valence-corrected chi connectivity index (χ2v) is 17.1. The van der Waals surface area contributed by atoms with Gasteiger partial charge in [0.15, 0.2) is 11.5 Å². The third kappa shape index (κ3) is 5.42. The van der Waals surface area contributed by atoms with E-state index in [0.717, 1.165) is 0 Å². The maximum absolute atomic E-state index is 14.7. The highest BCUT2D eigenvalue weighted by Gasteiger charge is 2.74. The first-order valence-electron chi connectivity index (χ1n) is 17.1. The Bertz CT molecular complexity index is 1440. The van der Waals surface area contributed by atoms with Gasteiger partial charge in [0, 0.05) is 30.1 Å². The van der Waals surface area contributed by atoms with Crippen molar-refractivity contribution >= 4 is 17.3 Å². The van der Waals surface area contributed by atoms with Crippen LogP contribution in [-0.2, 0) is 23.9 Å². The molecule has 0 aromatic rings. The molecular formula is C36H54O13. The van der Waals surface area contributed by atoms with Crippen LogP contribution in [0.1, 0.15) is 81.1 Å². The van der Waals surface area contributed by atoms with E-state index in [1.54, 1.807) is 13.8 Å². The Hall–Kier alpha value is -2.07. The smallest absolute Gasteiger partial charge is 0.229 e. The molecule has 4 aliphatic carbocycles. The monoisotopic (exact) mass is 694 g/mol. The highest BCUT2D eigenvalue weighted by Crippen LogP contribution is 2.74. The third-order valence-corrected chi connectivity index (χ3v) is 13.5. The van der Waals surface area contributed by atoms with Crippen molar-refractivity contribution in [3.63, 3.8) is 0 Å². The Morgan fingerprint density at radius 3 is 2.18 bits per heavy atom. The second kappa shape index (κ2) is 12.0. The van der Waals surface area contributed by atoms with E-state index in [1.165, 1.54) is 26.8 Å². The van der Waals surface area contributed by atoms with Crippen molar-refractivity contribution in [3.05, 3.63) is 23.5 Å². The number of allylic oxidation sites excluding steroid dienone is 4. The summed E-state index contributed by atoms with van der Waals surface area (Å²) in [6.07, 6.45) is -7.26. The van der Waals surface area contributed by atoms with E-state index in [4.69, 9.17) is 9.47 Å². The van der Waals surface area contributed by atoms with Gasteiger partial charge >= 0.3 is 0 Å². The summed E-state index contributed by atoms with van der Waals surface area (Å²) >= 11 is 0. The molecule has 0 spiro atoms. The zero-order valence-corrected chi connectivity index (χ0v) is 29.6. The molecule has 276 valence electrons. The van der Waals surface area contributed by atoms with Gasteiger partial charge in [-0.3, -0.25) is 14.4 Å².